The van der Waals surface area contributed by atoms with Crippen molar-refractivity contribution >= 4 is 17.8 Å². The topological polar surface area (TPSA) is 78.5 Å². The van der Waals surface area contributed by atoms with Gasteiger partial charge < -0.3 is 10.6 Å². The first-order valence-electron chi connectivity index (χ1n) is 8.38. The van der Waals surface area contributed by atoms with Gasteiger partial charge in [0.1, 0.15) is 12.1 Å². The quantitative estimate of drug-likeness (QED) is 0.760. The molecule has 1 aliphatic heterocycles. The summed E-state index contributed by atoms with van der Waals surface area (Å²) in [5.74, 6) is -0.382. The molecule has 0 aromatic carbocycles. The molecule has 1 saturated carbocycles. The van der Waals surface area contributed by atoms with Gasteiger partial charge in [0.15, 0.2) is 0 Å². The molecular weight excluding hydrogens is 282 g/mol. The maximum atomic E-state index is 12.7. The molecule has 6 nitrogen and oxygen atoms in total. The minimum Gasteiger partial charge on any atom is -0.352 e. The Kier molecular flexibility index (Phi) is 5.08. The van der Waals surface area contributed by atoms with Crippen LogP contribution in [0.5, 0.6) is 0 Å². The second-order valence-corrected chi connectivity index (χ2v) is 6.52. The van der Waals surface area contributed by atoms with Gasteiger partial charge in [-0.3, -0.25) is 14.5 Å². The summed E-state index contributed by atoms with van der Waals surface area (Å²) in [5, 5.41) is 5.74. The van der Waals surface area contributed by atoms with Crippen LogP contribution in [0, 0.1) is 5.92 Å². The van der Waals surface area contributed by atoms with E-state index in [9.17, 15) is 14.4 Å². The summed E-state index contributed by atoms with van der Waals surface area (Å²) in [5.41, 5.74) is -0.787. The highest BCUT2D eigenvalue weighted by Crippen LogP contribution is 2.38. The van der Waals surface area contributed by atoms with Crippen molar-refractivity contribution in [3.05, 3.63) is 0 Å². The molecule has 2 atom stereocenters. The molecule has 2 N–H and O–H groups in total. The molecule has 0 aromatic rings. The minimum atomic E-state index is -0.787. The number of hydrogen-bond donors (Lipinski definition) is 2. The second-order valence-electron chi connectivity index (χ2n) is 6.52. The number of urea groups is 1. The average Bonchev–Trinajstić information content (AvgIpc) is 2.73. The Labute approximate surface area is 132 Å². The van der Waals surface area contributed by atoms with Crippen LogP contribution in [-0.2, 0) is 9.59 Å². The molecule has 2 fully saturated rings. The van der Waals surface area contributed by atoms with E-state index in [2.05, 4.69) is 10.6 Å². The van der Waals surface area contributed by atoms with E-state index >= 15 is 0 Å². The minimum absolute atomic E-state index is 0.0934. The fourth-order valence-electron chi connectivity index (χ4n) is 3.55. The van der Waals surface area contributed by atoms with Gasteiger partial charge in [0.2, 0.25) is 5.91 Å². The van der Waals surface area contributed by atoms with Crippen molar-refractivity contribution in [2.24, 2.45) is 5.92 Å². The van der Waals surface area contributed by atoms with Crippen LogP contribution in [0.4, 0.5) is 4.79 Å². The third-order valence-corrected chi connectivity index (χ3v) is 5.15. The summed E-state index contributed by atoms with van der Waals surface area (Å²) in [6.45, 7) is 5.82. The van der Waals surface area contributed by atoms with Crippen molar-refractivity contribution < 1.29 is 14.4 Å². The number of amides is 4. The standard InChI is InChI=1S/C16H27N3O3/c1-4-12(5-2)17-13(20)10-19-14(21)16(18-15(19)22)9-7-6-8-11(16)3/h11-12H,4-10H2,1-3H3,(H,17,20)(H,18,22)/t11-,16+/m0/s1. The van der Waals surface area contributed by atoms with E-state index in [1.54, 1.807) is 0 Å². The molecule has 0 bridgehead atoms. The zero-order chi connectivity index (χ0) is 16.3. The zero-order valence-corrected chi connectivity index (χ0v) is 13.8. The number of nitrogens with one attached hydrogen (secondary N) is 2. The first-order chi connectivity index (χ1) is 10.4. The van der Waals surface area contributed by atoms with E-state index in [-0.39, 0.29) is 30.3 Å². The summed E-state index contributed by atoms with van der Waals surface area (Å²) in [6.07, 6.45) is 5.29. The molecule has 2 aliphatic rings. The smallest absolute Gasteiger partial charge is 0.325 e. The third-order valence-electron chi connectivity index (χ3n) is 5.15. The fourth-order valence-corrected chi connectivity index (χ4v) is 3.55. The van der Waals surface area contributed by atoms with Gasteiger partial charge in [-0.2, -0.15) is 0 Å². The van der Waals surface area contributed by atoms with Gasteiger partial charge >= 0.3 is 6.03 Å². The lowest BCUT2D eigenvalue weighted by molar-refractivity contribution is -0.137. The van der Waals surface area contributed by atoms with E-state index in [1.807, 2.05) is 20.8 Å². The van der Waals surface area contributed by atoms with Gasteiger partial charge in [-0.15, -0.1) is 0 Å². The molecule has 6 heteroatoms. The van der Waals surface area contributed by atoms with Gasteiger partial charge in [0, 0.05) is 6.04 Å². The zero-order valence-electron chi connectivity index (χ0n) is 13.8. The largest absolute Gasteiger partial charge is 0.352 e. The monoisotopic (exact) mass is 309 g/mol. The Morgan fingerprint density at radius 1 is 1.36 bits per heavy atom. The predicted octanol–water partition coefficient (Wildman–Crippen LogP) is 1.79. The van der Waals surface area contributed by atoms with Gasteiger partial charge in [0.05, 0.1) is 0 Å². The summed E-state index contributed by atoms with van der Waals surface area (Å²) >= 11 is 0. The van der Waals surface area contributed by atoms with E-state index in [0.29, 0.717) is 6.42 Å². The Hall–Kier alpha value is -1.59. The molecule has 4 amide bonds. The predicted molar refractivity (Wildman–Crippen MR) is 83.1 cm³/mol. The third kappa shape index (κ3) is 2.96. The van der Waals surface area contributed by atoms with Crippen LogP contribution in [-0.4, -0.2) is 40.9 Å². The van der Waals surface area contributed by atoms with E-state index in [0.717, 1.165) is 37.0 Å². The number of hydrogen-bond acceptors (Lipinski definition) is 3. The normalized spacial score (nSPS) is 28.4. The van der Waals surface area contributed by atoms with Crippen molar-refractivity contribution in [3.63, 3.8) is 0 Å². The van der Waals surface area contributed by atoms with E-state index in [4.69, 9.17) is 0 Å². The maximum absolute atomic E-state index is 12.7. The molecule has 0 radical (unpaired) electrons. The number of imide groups is 1. The highest BCUT2D eigenvalue weighted by molar-refractivity contribution is 6.09. The highest BCUT2D eigenvalue weighted by Gasteiger charge is 2.55. The van der Waals surface area contributed by atoms with Crippen LogP contribution >= 0.6 is 0 Å². The molecular formula is C16H27N3O3. The lowest BCUT2D eigenvalue weighted by Gasteiger charge is -2.36. The van der Waals surface area contributed by atoms with Crippen molar-refractivity contribution in [1.29, 1.82) is 0 Å². The first kappa shape index (κ1) is 16.8. The molecule has 1 heterocycles. The van der Waals surface area contributed by atoms with Crippen LogP contribution in [0.1, 0.15) is 59.3 Å². The molecule has 1 spiro atoms. The molecule has 1 aliphatic carbocycles. The number of carbonyl (C=O) groups is 3. The van der Waals surface area contributed by atoms with Crippen LogP contribution in [0.3, 0.4) is 0 Å². The fraction of sp³-hybridized carbons (Fsp3) is 0.812. The van der Waals surface area contributed by atoms with Crippen LogP contribution < -0.4 is 10.6 Å². The van der Waals surface area contributed by atoms with E-state index < -0.39 is 11.6 Å². The summed E-state index contributed by atoms with van der Waals surface area (Å²) in [7, 11) is 0. The summed E-state index contributed by atoms with van der Waals surface area (Å²) in [4.78, 5) is 38.1. The molecule has 22 heavy (non-hydrogen) atoms. The van der Waals surface area contributed by atoms with Crippen molar-refractivity contribution in [2.45, 2.75) is 70.9 Å². The summed E-state index contributed by atoms with van der Waals surface area (Å²) in [6, 6.07) is -0.339. The van der Waals surface area contributed by atoms with Gasteiger partial charge in [-0.25, -0.2) is 4.79 Å². The van der Waals surface area contributed by atoms with Crippen LogP contribution in [0.2, 0.25) is 0 Å². The van der Waals surface area contributed by atoms with Crippen LogP contribution in [0.25, 0.3) is 0 Å². The van der Waals surface area contributed by atoms with Crippen molar-refractivity contribution in [2.75, 3.05) is 6.54 Å². The highest BCUT2D eigenvalue weighted by atomic mass is 16.2. The molecule has 124 valence electrons. The van der Waals surface area contributed by atoms with Gasteiger partial charge in [-0.05, 0) is 31.6 Å². The van der Waals surface area contributed by atoms with Crippen molar-refractivity contribution in [3.8, 4) is 0 Å². The van der Waals surface area contributed by atoms with Crippen molar-refractivity contribution in [1.82, 2.24) is 15.5 Å². The SMILES string of the molecule is CCC(CC)NC(=O)CN1C(=O)N[C@@]2(CCCC[C@@H]2C)C1=O. The lowest BCUT2D eigenvalue weighted by atomic mass is 9.73. The first-order valence-corrected chi connectivity index (χ1v) is 8.38. The number of rotatable bonds is 5. The van der Waals surface area contributed by atoms with Crippen LogP contribution in [0.15, 0.2) is 0 Å². The maximum Gasteiger partial charge on any atom is 0.325 e. The summed E-state index contributed by atoms with van der Waals surface area (Å²) < 4.78 is 0. The Morgan fingerprint density at radius 2 is 2.05 bits per heavy atom. The molecule has 0 aromatic heterocycles. The molecule has 0 unspecified atom stereocenters. The lowest BCUT2D eigenvalue weighted by Crippen LogP contribution is -2.54. The molecule has 2 rings (SSSR count). The Morgan fingerprint density at radius 3 is 2.64 bits per heavy atom. The second kappa shape index (κ2) is 6.67. The van der Waals surface area contributed by atoms with Gasteiger partial charge in [-0.1, -0.05) is 33.6 Å². The number of nitrogens with zero attached hydrogens (tertiary/aromatic N) is 1. The number of carbonyl (C=O) groups excluding carboxylic acids is 3. The average molecular weight is 309 g/mol. The Bertz CT molecular complexity index is 462. The van der Waals surface area contributed by atoms with Gasteiger partial charge in [0.25, 0.3) is 5.91 Å². The van der Waals surface area contributed by atoms with E-state index in [1.165, 1.54) is 0 Å². The Balaban J connectivity index is 2.04. The molecule has 1 saturated heterocycles.